The molecule has 1 aliphatic rings. The molecule has 0 aromatic heterocycles. The molecule has 0 amide bonds. The highest BCUT2D eigenvalue weighted by molar-refractivity contribution is 6.21. The van der Waals surface area contributed by atoms with Crippen molar-refractivity contribution in [3.63, 3.8) is 0 Å². The molecule has 0 fully saturated rings. The van der Waals surface area contributed by atoms with Crippen LogP contribution < -0.4 is 0 Å². The first-order valence-electron chi connectivity index (χ1n) is 18.2. The first-order chi connectivity index (χ1) is 25.7. The van der Waals surface area contributed by atoms with Gasteiger partial charge < -0.3 is 0 Å². The Kier molecular flexibility index (Phi) is 7.22. The van der Waals surface area contributed by atoms with Crippen molar-refractivity contribution in [1.82, 2.24) is 0 Å². The molecule has 244 valence electrons. The van der Waals surface area contributed by atoms with E-state index in [1.165, 1.54) is 99.4 Å². The van der Waals surface area contributed by atoms with Gasteiger partial charge in [-0.15, -0.1) is 0 Å². The van der Waals surface area contributed by atoms with Gasteiger partial charge in [-0.1, -0.05) is 171 Å². The monoisotopic (exact) mass is 660 g/mol. The predicted molar refractivity (Wildman–Crippen MR) is 222 cm³/mol. The molecule has 52 heavy (non-hydrogen) atoms. The van der Waals surface area contributed by atoms with Crippen molar-refractivity contribution in [1.29, 1.82) is 0 Å². The van der Waals surface area contributed by atoms with Crippen LogP contribution in [0, 0.1) is 0 Å². The average molecular weight is 661 g/mol. The van der Waals surface area contributed by atoms with Crippen molar-refractivity contribution >= 4 is 21.5 Å². The Hall–Kier alpha value is -6.50. The number of hydrogen-bond donors (Lipinski definition) is 0. The molecule has 0 saturated heterocycles. The van der Waals surface area contributed by atoms with E-state index in [1.54, 1.807) is 0 Å². The summed E-state index contributed by atoms with van der Waals surface area (Å²) in [5.41, 5.74) is 17.9. The lowest BCUT2D eigenvalue weighted by Crippen LogP contribution is -1.93. The number of fused-ring (bicyclic) bond motifs is 5. The molecule has 0 heteroatoms. The smallest absolute Gasteiger partial charge is 0.00735 e. The van der Waals surface area contributed by atoms with Crippen molar-refractivity contribution in [3.05, 3.63) is 205 Å². The second-order valence-electron chi connectivity index (χ2n) is 14.1. The molecule has 9 aromatic rings. The predicted octanol–water partition coefficient (Wildman–Crippen LogP) is 14.5. The standard InChI is InChI=1S/C52H36/c1-34-43-21-8-9-22-44(43)45-28-27-39(33-50(34)45)52-48-25-12-10-23-46(48)51(47-24-11-13-26-49(47)52)38-20-14-19-37(29-38)42-31-40(35-15-4-2-5-16-35)30-41(32-42)36-17-6-3-7-18-36/h2-34H,1H3. The quantitative estimate of drug-likeness (QED) is 0.161. The molecule has 0 saturated carbocycles. The van der Waals surface area contributed by atoms with Crippen molar-refractivity contribution in [3.8, 4) is 66.8 Å². The second-order valence-corrected chi connectivity index (χ2v) is 14.1. The summed E-state index contributed by atoms with van der Waals surface area (Å²) in [6.45, 7) is 2.35. The van der Waals surface area contributed by atoms with Crippen LogP contribution in [0.25, 0.3) is 88.3 Å². The van der Waals surface area contributed by atoms with E-state index < -0.39 is 0 Å². The molecular formula is C52H36. The Morgan fingerprint density at radius 2 is 0.673 bits per heavy atom. The van der Waals surface area contributed by atoms with E-state index >= 15 is 0 Å². The number of rotatable bonds is 5. The van der Waals surface area contributed by atoms with Crippen LogP contribution in [0.5, 0.6) is 0 Å². The minimum atomic E-state index is 0.369. The zero-order chi connectivity index (χ0) is 34.6. The van der Waals surface area contributed by atoms with E-state index in [4.69, 9.17) is 0 Å². The van der Waals surface area contributed by atoms with Crippen LogP contribution in [0.1, 0.15) is 24.0 Å². The summed E-state index contributed by atoms with van der Waals surface area (Å²) in [6.07, 6.45) is 0. The normalized spacial score (nSPS) is 13.3. The van der Waals surface area contributed by atoms with Crippen LogP contribution >= 0.6 is 0 Å². The molecular weight excluding hydrogens is 625 g/mol. The minimum Gasteiger partial charge on any atom is -0.0622 e. The first kappa shape index (κ1) is 30.3. The largest absolute Gasteiger partial charge is 0.0622 e. The first-order valence-corrected chi connectivity index (χ1v) is 18.2. The van der Waals surface area contributed by atoms with Crippen molar-refractivity contribution in [2.45, 2.75) is 12.8 Å². The highest BCUT2D eigenvalue weighted by atomic mass is 14.3. The molecule has 1 atom stereocenters. The molecule has 1 unspecified atom stereocenters. The van der Waals surface area contributed by atoms with Crippen LogP contribution in [-0.2, 0) is 0 Å². The lowest BCUT2D eigenvalue weighted by Gasteiger charge is -2.19. The summed E-state index contributed by atoms with van der Waals surface area (Å²) in [5.74, 6) is 0.369. The van der Waals surface area contributed by atoms with E-state index in [2.05, 4.69) is 201 Å². The molecule has 0 aliphatic heterocycles. The van der Waals surface area contributed by atoms with Gasteiger partial charge in [-0.05, 0) is 130 Å². The Morgan fingerprint density at radius 1 is 0.269 bits per heavy atom. The van der Waals surface area contributed by atoms with Gasteiger partial charge >= 0.3 is 0 Å². The zero-order valence-electron chi connectivity index (χ0n) is 29.1. The molecule has 0 N–H and O–H groups in total. The van der Waals surface area contributed by atoms with E-state index in [1.807, 2.05) is 0 Å². The molecule has 0 radical (unpaired) electrons. The Labute approximate surface area is 305 Å². The van der Waals surface area contributed by atoms with E-state index in [0.29, 0.717) is 5.92 Å². The van der Waals surface area contributed by atoms with Crippen LogP contribution in [-0.4, -0.2) is 0 Å². The zero-order valence-corrected chi connectivity index (χ0v) is 29.1. The summed E-state index contributed by atoms with van der Waals surface area (Å²) >= 11 is 0. The maximum Gasteiger partial charge on any atom is 0.00735 e. The molecule has 0 spiro atoms. The maximum atomic E-state index is 2.46. The highest BCUT2D eigenvalue weighted by Gasteiger charge is 2.26. The third kappa shape index (κ3) is 4.99. The lowest BCUT2D eigenvalue weighted by atomic mass is 9.84. The summed E-state index contributed by atoms with van der Waals surface area (Å²) in [7, 11) is 0. The highest BCUT2D eigenvalue weighted by Crippen LogP contribution is 2.49. The van der Waals surface area contributed by atoms with Crippen LogP contribution in [0.4, 0.5) is 0 Å². The summed E-state index contributed by atoms with van der Waals surface area (Å²) in [6, 6.07) is 71.6. The van der Waals surface area contributed by atoms with Gasteiger partial charge in [-0.3, -0.25) is 0 Å². The fourth-order valence-corrected chi connectivity index (χ4v) is 8.60. The Morgan fingerprint density at radius 3 is 1.25 bits per heavy atom. The van der Waals surface area contributed by atoms with Gasteiger partial charge in [0.2, 0.25) is 0 Å². The molecule has 0 heterocycles. The van der Waals surface area contributed by atoms with Crippen molar-refractivity contribution in [2.75, 3.05) is 0 Å². The minimum absolute atomic E-state index is 0.369. The van der Waals surface area contributed by atoms with Gasteiger partial charge in [0, 0.05) is 5.92 Å². The molecule has 1 aliphatic carbocycles. The van der Waals surface area contributed by atoms with Gasteiger partial charge in [0.05, 0.1) is 0 Å². The summed E-state index contributed by atoms with van der Waals surface area (Å²) in [5, 5.41) is 5.10. The SMILES string of the molecule is CC1c2ccccc2-c2ccc(-c3c4ccccc4c(-c4cccc(-c5cc(-c6ccccc6)cc(-c6ccccc6)c5)c4)c4ccccc34)cc21. The van der Waals surface area contributed by atoms with Crippen molar-refractivity contribution < 1.29 is 0 Å². The molecule has 9 aromatic carbocycles. The van der Waals surface area contributed by atoms with Crippen LogP contribution in [0.3, 0.4) is 0 Å². The number of benzene rings is 9. The van der Waals surface area contributed by atoms with E-state index in [9.17, 15) is 0 Å². The molecule has 10 rings (SSSR count). The summed E-state index contributed by atoms with van der Waals surface area (Å²) < 4.78 is 0. The van der Waals surface area contributed by atoms with Gasteiger partial charge in [0.1, 0.15) is 0 Å². The summed E-state index contributed by atoms with van der Waals surface area (Å²) in [4.78, 5) is 0. The third-order valence-corrected chi connectivity index (χ3v) is 11.1. The Bertz CT molecular complexity index is 2670. The van der Waals surface area contributed by atoms with Crippen molar-refractivity contribution in [2.24, 2.45) is 0 Å². The molecule has 0 bridgehead atoms. The van der Waals surface area contributed by atoms with Gasteiger partial charge in [-0.2, -0.15) is 0 Å². The molecule has 0 nitrogen and oxygen atoms in total. The topological polar surface area (TPSA) is 0 Å². The lowest BCUT2D eigenvalue weighted by molar-refractivity contribution is 0.957. The fourth-order valence-electron chi connectivity index (χ4n) is 8.60. The van der Waals surface area contributed by atoms with Gasteiger partial charge in [0.25, 0.3) is 0 Å². The number of hydrogen-bond acceptors (Lipinski definition) is 0. The fraction of sp³-hybridized carbons (Fsp3) is 0.0385. The van der Waals surface area contributed by atoms with E-state index in [-0.39, 0.29) is 0 Å². The third-order valence-electron chi connectivity index (χ3n) is 11.1. The Balaban J connectivity index is 1.16. The second kappa shape index (κ2) is 12.4. The average Bonchev–Trinajstić information content (AvgIpc) is 3.51. The van der Waals surface area contributed by atoms with Gasteiger partial charge in [-0.25, -0.2) is 0 Å². The van der Waals surface area contributed by atoms with Crippen LogP contribution in [0.15, 0.2) is 194 Å². The van der Waals surface area contributed by atoms with Gasteiger partial charge in [0.15, 0.2) is 0 Å². The van der Waals surface area contributed by atoms with Crippen LogP contribution in [0.2, 0.25) is 0 Å². The maximum absolute atomic E-state index is 2.46. The van der Waals surface area contributed by atoms with E-state index in [0.717, 1.165) is 0 Å².